The number of carbonyl (C=O) groups excluding carboxylic acids is 3. The van der Waals surface area contributed by atoms with Gasteiger partial charge in [0.1, 0.15) is 5.69 Å². The maximum atomic E-state index is 14.1. The van der Waals surface area contributed by atoms with Gasteiger partial charge in [0.25, 0.3) is 0 Å². The topological polar surface area (TPSA) is 68.6 Å². The number of nitrogens with zero attached hydrogens (tertiary/aromatic N) is 2. The first-order valence-electron chi connectivity index (χ1n) is 15.2. The number of carbonyl (C=O) groups is 3. The van der Waals surface area contributed by atoms with Crippen molar-refractivity contribution in [2.24, 2.45) is 17.8 Å². The molecule has 0 bridgehead atoms. The molecule has 1 aromatic heterocycles. The number of ketones is 1. The van der Waals surface area contributed by atoms with Gasteiger partial charge in [0.2, 0.25) is 11.6 Å². The number of hydrogen-bond donors (Lipinski definition) is 0. The van der Waals surface area contributed by atoms with E-state index in [4.69, 9.17) is 4.74 Å². The number of amides is 1. The zero-order valence-corrected chi connectivity index (χ0v) is 24.3. The Morgan fingerprint density at radius 2 is 1.70 bits per heavy atom. The number of benzene rings is 2. The molecule has 6 rings (SSSR count). The third-order valence-corrected chi connectivity index (χ3v) is 9.97. The first-order valence-corrected chi connectivity index (χ1v) is 15.2. The van der Waals surface area contributed by atoms with Gasteiger partial charge in [0.15, 0.2) is 19.1 Å². The predicted molar refractivity (Wildman–Crippen MR) is 156 cm³/mol. The Bertz CT molecular complexity index is 1510. The van der Waals surface area contributed by atoms with E-state index in [1.165, 1.54) is 10.6 Å². The molecule has 43 heavy (non-hydrogen) atoms. The summed E-state index contributed by atoms with van der Waals surface area (Å²) < 4.78 is 47.3. The monoisotopic (exact) mass is 594 g/mol. The van der Waals surface area contributed by atoms with Crippen molar-refractivity contribution in [1.29, 1.82) is 0 Å². The number of hydrogen-bond acceptors (Lipinski definition) is 4. The quantitative estimate of drug-likeness (QED) is 0.272. The van der Waals surface area contributed by atoms with Crippen LogP contribution >= 0.6 is 0 Å². The average Bonchev–Trinajstić information content (AvgIpc) is 3.73. The normalized spacial score (nSPS) is 25.5. The van der Waals surface area contributed by atoms with Gasteiger partial charge in [-0.2, -0.15) is 0 Å². The third kappa shape index (κ3) is 5.14. The highest BCUT2D eigenvalue weighted by atomic mass is 19.1. The van der Waals surface area contributed by atoms with Gasteiger partial charge in [0, 0.05) is 30.2 Å². The van der Waals surface area contributed by atoms with Gasteiger partial charge in [-0.05, 0) is 73.3 Å². The molecule has 1 aliphatic carbocycles. The lowest BCUT2D eigenvalue weighted by atomic mass is 9.76. The van der Waals surface area contributed by atoms with Gasteiger partial charge in [0.05, 0.1) is 18.2 Å². The van der Waals surface area contributed by atoms with Crippen molar-refractivity contribution >= 4 is 28.6 Å². The lowest BCUT2D eigenvalue weighted by Gasteiger charge is -2.35. The van der Waals surface area contributed by atoms with Crippen LogP contribution in [0.1, 0.15) is 66.6 Å². The Kier molecular flexibility index (Phi) is 8.09. The Balaban J connectivity index is 1.26. The van der Waals surface area contributed by atoms with Gasteiger partial charge < -0.3 is 9.64 Å². The van der Waals surface area contributed by atoms with Crippen LogP contribution in [0.2, 0.25) is 0 Å². The van der Waals surface area contributed by atoms with E-state index in [9.17, 15) is 27.6 Å². The predicted octanol–water partition coefficient (Wildman–Crippen LogP) is 6.31. The summed E-state index contributed by atoms with van der Waals surface area (Å²) in [5.74, 6) is -0.875. The third-order valence-electron chi connectivity index (χ3n) is 9.97. The van der Waals surface area contributed by atoms with Gasteiger partial charge in [-0.15, -0.1) is 0 Å². The lowest BCUT2D eigenvalue weighted by Crippen LogP contribution is -2.46. The first kappa shape index (κ1) is 29.5. The fourth-order valence-corrected chi connectivity index (χ4v) is 7.53. The number of Topliss-reactive ketones (excluding diaryl/α,β-unsaturated/α-hetero) is 1. The molecular weight excluding hydrogens is 557 g/mol. The van der Waals surface area contributed by atoms with E-state index in [2.05, 4.69) is 0 Å². The van der Waals surface area contributed by atoms with Crippen molar-refractivity contribution in [3.8, 4) is 0 Å². The molecule has 2 fully saturated rings. The molecule has 0 N–H and O–H groups in total. The summed E-state index contributed by atoms with van der Waals surface area (Å²) in [4.78, 5) is 42.1. The molecule has 1 saturated heterocycles. The minimum Gasteiger partial charge on any atom is -0.428 e. The summed E-state index contributed by atoms with van der Waals surface area (Å²) in [6.45, 7) is -0.323. The number of likely N-dealkylation sites (tertiary alicyclic amines) is 1. The highest BCUT2D eigenvalue weighted by Gasteiger charge is 2.48. The molecule has 3 aliphatic rings. The summed E-state index contributed by atoms with van der Waals surface area (Å²) in [5, 5.41) is 0.585. The summed E-state index contributed by atoms with van der Waals surface area (Å²) in [6, 6.07) is 15.9. The van der Waals surface area contributed by atoms with Crippen LogP contribution in [0.3, 0.4) is 0 Å². The number of fused-ring (bicyclic) bond motifs is 3. The van der Waals surface area contributed by atoms with E-state index in [0.717, 1.165) is 18.4 Å². The van der Waals surface area contributed by atoms with E-state index in [0.29, 0.717) is 42.3 Å². The van der Waals surface area contributed by atoms with Crippen LogP contribution in [0.4, 0.5) is 13.2 Å². The second kappa shape index (κ2) is 11.8. The standard InChI is InChI=1S/C34H37F3N2O4/c1-21(18-35)23-8-10-25(11-9-23)32(41)38-14-13-27(24-5-3-2-4-6-24)31(38)30(40)16-22-7-12-28-26(15-22)17-29-33(42)43-34(19-36,20-37)39(28)29/h2-7,12,15,17,21,23,25,27,31H,8-11,13-14,16,18-20H2,1H3/t21-,23?,25?,27+,31+/m1/s1. The van der Waals surface area contributed by atoms with Crippen LogP contribution in [-0.4, -0.2) is 59.7 Å². The molecule has 0 spiro atoms. The largest absolute Gasteiger partial charge is 0.428 e. The summed E-state index contributed by atoms with van der Waals surface area (Å²) in [6.07, 6.45) is 3.80. The Hall–Kier alpha value is -3.62. The van der Waals surface area contributed by atoms with Crippen LogP contribution in [0, 0.1) is 17.8 Å². The van der Waals surface area contributed by atoms with Crippen LogP contribution < -0.4 is 0 Å². The molecule has 9 heteroatoms. The maximum absolute atomic E-state index is 14.1. The number of aromatic nitrogens is 1. The fraction of sp³-hybridized carbons (Fsp3) is 0.500. The van der Waals surface area contributed by atoms with Crippen molar-refractivity contribution in [1.82, 2.24) is 9.47 Å². The molecule has 3 aromatic rings. The Labute approximate surface area is 249 Å². The molecule has 228 valence electrons. The molecular formula is C34H37F3N2O4. The van der Waals surface area contributed by atoms with Gasteiger partial charge in [-0.25, -0.2) is 13.6 Å². The van der Waals surface area contributed by atoms with E-state index in [1.54, 1.807) is 23.1 Å². The molecule has 1 amide bonds. The highest BCUT2D eigenvalue weighted by molar-refractivity contribution is 5.99. The number of alkyl halides is 3. The molecule has 1 saturated carbocycles. The minimum atomic E-state index is -2.01. The minimum absolute atomic E-state index is 0.00465. The van der Waals surface area contributed by atoms with E-state index < -0.39 is 31.1 Å². The Morgan fingerprint density at radius 3 is 2.37 bits per heavy atom. The van der Waals surface area contributed by atoms with Crippen LogP contribution in [-0.2, 0) is 26.5 Å². The smallest absolute Gasteiger partial charge is 0.357 e. The van der Waals surface area contributed by atoms with Crippen LogP contribution in [0.25, 0.3) is 10.9 Å². The molecule has 0 radical (unpaired) electrons. The second-order valence-electron chi connectivity index (χ2n) is 12.5. The fourth-order valence-electron chi connectivity index (χ4n) is 7.53. The van der Waals surface area contributed by atoms with E-state index in [1.807, 2.05) is 37.3 Å². The van der Waals surface area contributed by atoms with Crippen LogP contribution in [0.5, 0.6) is 0 Å². The van der Waals surface area contributed by atoms with Gasteiger partial charge >= 0.3 is 5.97 Å². The number of halogens is 3. The number of esters is 1. The van der Waals surface area contributed by atoms with Gasteiger partial charge in [-0.3, -0.25) is 18.5 Å². The van der Waals surface area contributed by atoms with Crippen molar-refractivity contribution < 1.29 is 32.3 Å². The van der Waals surface area contributed by atoms with Crippen molar-refractivity contribution in [2.75, 3.05) is 26.6 Å². The maximum Gasteiger partial charge on any atom is 0.357 e. The summed E-state index contributed by atoms with van der Waals surface area (Å²) >= 11 is 0. The first-order chi connectivity index (χ1) is 20.8. The second-order valence-corrected chi connectivity index (χ2v) is 12.5. The van der Waals surface area contributed by atoms with E-state index >= 15 is 0 Å². The van der Waals surface area contributed by atoms with Gasteiger partial charge in [-0.1, -0.05) is 43.3 Å². The molecule has 3 heterocycles. The molecule has 0 unspecified atom stereocenters. The van der Waals surface area contributed by atoms with Crippen LogP contribution in [0.15, 0.2) is 54.6 Å². The summed E-state index contributed by atoms with van der Waals surface area (Å²) in [5.41, 5.74) is 0.213. The summed E-state index contributed by atoms with van der Waals surface area (Å²) in [7, 11) is 0. The SMILES string of the molecule is C[C@H](CF)C1CCC(C(=O)N2CC[C@@H](c3ccccc3)[C@H]2C(=O)Cc2ccc3c(c2)cc2n3C(CF)(CF)OC2=O)CC1. The molecule has 3 atom stereocenters. The van der Waals surface area contributed by atoms with Crippen molar-refractivity contribution in [3.63, 3.8) is 0 Å². The lowest BCUT2D eigenvalue weighted by molar-refractivity contribution is -0.142. The highest BCUT2D eigenvalue weighted by Crippen LogP contribution is 2.40. The van der Waals surface area contributed by atoms with Crippen molar-refractivity contribution in [2.45, 2.75) is 63.1 Å². The average molecular weight is 595 g/mol. The number of rotatable bonds is 9. The Morgan fingerprint density at radius 1 is 0.977 bits per heavy atom. The molecule has 2 aliphatic heterocycles. The zero-order chi connectivity index (χ0) is 30.3. The van der Waals surface area contributed by atoms with Crippen molar-refractivity contribution in [3.05, 3.63) is 71.4 Å². The molecule has 2 aromatic carbocycles. The number of ether oxygens (including phenoxy) is 1. The number of cyclic esters (lactones) is 1. The molecule has 6 nitrogen and oxygen atoms in total. The van der Waals surface area contributed by atoms with E-state index in [-0.39, 0.29) is 54.2 Å². The zero-order valence-electron chi connectivity index (χ0n) is 24.3.